The minimum atomic E-state index is -0.196. The van der Waals surface area contributed by atoms with Gasteiger partial charge in [-0.3, -0.25) is 4.79 Å². The normalized spacial score (nSPS) is 16.1. The lowest BCUT2D eigenvalue weighted by Gasteiger charge is -2.11. The lowest BCUT2D eigenvalue weighted by atomic mass is 10.3. The van der Waals surface area contributed by atoms with E-state index in [-0.39, 0.29) is 17.2 Å². The van der Waals surface area contributed by atoms with Crippen molar-refractivity contribution >= 4 is 28.7 Å². The molecule has 1 aliphatic rings. The molecule has 0 saturated heterocycles. The maximum absolute atomic E-state index is 11.7. The van der Waals surface area contributed by atoms with Crippen molar-refractivity contribution in [1.82, 2.24) is 19.9 Å². The molecule has 1 saturated carbocycles. The molecule has 2 heterocycles. The first kappa shape index (κ1) is 14.3. The predicted molar refractivity (Wildman–Crippen MR) is 82.3 cm³/mol. The highest BCUT2D eigenvalue weighted by Crippen LogP contribution is 2.28. The molecule has 1 N–H and O–H groups in total. The van der Waals surface area contributed by atoms with Gasteiger partial charge in [0.05, 0.1) is 5.38 Å². The lowest BCUT2D eigenvalue weighted by Crippen LogP contribution is -2.28. The summed E-state index contributed by atoms with van der Waals surface area (Å²) in [6.45, 7) is 5.06. The fraction of sp³-hybridized carbons (Fsp3) is 0.533. The predicted octanol–water partition coefficient (Wildman–Crippen LogP) is 2.57. The zero-order chi connectivity index (χ0) is 15.0. The Kier molecular flexibility index (Phi) is 3.85. The second kappa shape index (κ2) is 5.64. The molecule has 0 aliphatic heterocycles. The summed E-state index contributed by atoms with van der Waals surface area (Å²) in [7, 11) is 0. The second-order valence-electron chi connectivity index (χ2n) is 5.60. The molecule has 0 spiro atoms. The molecule has 2 aromatic heterocycles. The van der Waals surface area contributed by atoms with Crippen LogP contribution in [0.3, 0.4) is 0 Å². The van der Waals surface area contributed by atoms with Gasteiger partial charge >= 0.3 is 0 Å². The van der Waals surface area contributed by atoms with E-state index in [0.717, 1.165) is 35.5 Å². The number of hydrogen-bond acceptors (Lipinski definition) is 3. The Morgan fingerprint density at radius 1 is 1.48 bits per heavy atom. The number of aryl methyl sites for hydroxylation is 1. The smallest absolute Gasteiger partial charge is 0.223 e. The van der Waals surface area contributed by atoms with Crippen molar-refractivity contribution in [2.45, 2.75) is 38.6 Å². The van der Waals surface area contributed by atoms with Crippen molar-refractivity contribution in [3.8, 4) is 0 Å². The van der Waals surface area contributed by atoms with Crippen LogP contribution in [0.25, 0.3) is 11.2 Å². The maximum Gasteiger partial charge on any atom is 0.223 e. The van der Waals surface area contributed by atoms with Crippen molar-refractivity contribution in [1.29, 1.82) is 0 Å². The highest BCUT2D eigenvalue weighted by molar-refractivity contribution is 6.20. The topological polar surface area (TPSA) is 59.8 Å². The molecule has 1 aliphatic carbocycles. The number of alkyl halides is 1. The largest absolute Gasteiger partial charge is 0.354 e. The average Bonchev–Trinajstić information content (AvgIpc) is 3.22. The van der Waals surface area contributed by atoms with Crippen LogP contribution >= 0.6 is 11.6 Å². The van der Waals surface area contributed by atoms with Crippen LogP contribution in [-0.2, 0) is 11.3 Å². The number of carbonyl (C=O) groups excluding carboxylic acids is 1. The molecular weight excluding hydrogens is 288 g/mol. The first-order chi connectivity index (χ1) is 10.1. The zero-order valence-electron chi connectivity index (χ0n) is 12.3. The number of imidazole rings is 1. The average molecular weight is 307 g/mol. The number of amides is 1. The number of nitrogens with zero attached hydrogens (tertiary/aromatic N) is 3. The molecule has 1 atom stereocenters. The molecular formula is C15H19ClN4O. The Labute approximate surface area is 128 Å². The third-order valence-corrected chi connectivity index (χ3v) is 3.89. The summed E-state index contributed by atoms with van der Waals surface area (Å²) in [6, 6.07) is 3.90. The van der Waals surface area contributed by atoms with E-state index in [1.807, 2.05) is 30.5 Å². The Balaban J connectivity index is 1.82. The molecule has 21 heavy (non-hydrogen) atoms. The summed E-state index contributed by atoms with van der Waals surface area (Å²) in [4.78, 5) is 20.8. The van der Waals surface area contributed by atoms with Gasteiger partial charge in [-0.05, 0) is 38.8 Å². The van der Waals surface area contributed by atoms with E-state index in [1.54, 1.807) is 0 Å². The molecule has 112 valence electrons. The molecule has 0 radical (unpaired) electrons. The molecule has 0 bridgehead atoms. The third kappa shape index (κ3) is 3.02. The van der Waals surface area contributed by atoms with E-state index >= 15 is 0 Å². The highest BCUT2D eigenvalue weighted by Gasteiger charge is 2.29. The summed E-state index contributed by atoms with van der Waals surface area (Å²) < 4.78 is 2.01. The first-order valence-corrected chi connectivity index (χ1v) is 7.75. The molecule has 1 unspecified atom stereocenters. The van der Waals surface area contributed by atoms with E-state index in [2.05, 4.69) is 15.3 Å². The van der Waals surface area contributed by atoms with Gasteiger partial charge in [-0.15, -0.1) is 11.6 Å². The first-order valence-electron chi connectivity index (χ1n) is 7.32. The highest BCUT2D eigenvalue weighted by atomic mass is 35.5. The fourth-order valence-electron chi connectivity index (χ4n) is 2.42. The number of fused-ring (bicyclic) bond motifs is 1. The van der Waals surface area contributed by atoms with E-state index < -0.39 is 0 Å². The summed E-state index contributed by atoms with van der Waals surface area (Å²) >= 11 is 6.22. The SMILES string of the molecule is Cc1ccc2nc(C(C)Cl)n(CCNC(=O)C3CC3)c2n1. The van der Waals surface area contributed by atoms with Crippen molar-refractivity contribution in [2.24, 2.45) is 5.92 Å². The van der Waals surface area contributed by atoms with E-state index in [9.17, 15) is 4.79 Å². The zero-order valence-corrected chi connectivity index (χ0v) is 13.0. The van der Waals surface area contributed by atoms with Crippen LogP contribution in [0.5, 0.6) is 0 Å². The van der Waals surface area contributed by atoms with Crippen LogP contribution in [0.15, 0.2) is 12.1 Å². The van der Waals surface area contributed by atoms with Crippen molar-refractivity contribution < 1.29 is 4.79 Å². The molecule has 3 rings (SSSR count). The summed E-state index contributed by atoms with van der Waals surface area (Å²) in [5, 5.41) is 2.77. The Hall–Kier alpha value is -1.62. The Morgan fingerprint density at radius 3 is 2.90 bits per heavy atom. The number of halogens is 1. The number of aromatic nitrogens is 3. The lowest BCUT2D eigenvalue weighted by molar-refractivity contribution is -0.122. The van der Waals surface area contributed by atoms with E-state index in [0.29, 0.717) is 13.1 Å². The van der Waals surface area contributed by atoms with Crippen LogP contribution in [-0.4, -0.2) is 27.0 Å². The second-order valence-corrected chi connectivity index (χ2v) is 6.25. The minimum absolute atomic E-state index is 0.157. The van der Waals surface area contributed by atoms with Crippen LogP contribution in [0.1, 0.15) is 36.7 Å². The van der Waals surface area contributed by atoms with Crippen LogP contribution in [0.4, 0.5) is 0 Å². The van der Waals surface area contributed by atoms with Gasteiger partial charge in [0.25, 0.3) is 0 Å². The molecule has 1 amide bonds. The Bertz CT molecular complexity index is 676. The van der Waals surface area contributed by atoms with Crippen LogP contribution < -0.4 is 5.32 Å². The van der Waals surface area contributed by atoms with Gasteiger partial charge in [0.2, 0.25) is 5.91 Å². The van der Waals surface area contributed by atoms with Crippen LogP contribution in [0.2, 0.25) is 0 Å². The number of pyridine rings is 1. The standard InChI is InChI=1S/C15H19ClN4O/c1-9-3-6-12-14(18-9)20(13(19-12)10(2)16)8-7-17-15(21)11-4-5-11/h3,6,10-11H,4-5,7-8H2,1-2H3,(H,17,21). The maximum atomic E-state index is 11.7. The summed E-state index contributed by atoms with van der Waals surface area (Å²) in [5.74, 6) is 1.19. The quantitative estimate of drug-likeness (QED) is 0.864. The van der Waals surface area contributed by atoms with Gasteiger partial charge in [0, 0.05) is 24.7 Å². The van der Waals surface area contributed by atoms with E-state index in [4.69, 9.17) is 11.6 Å². The fourth-order valence-corrected chi connectivity index (χ4v) is 2.59. The number of rotatable bonds is 5. The van der Waals surface area contributed by atoms with Crippen molar-refractivity contribution in [3.63, 3.8) is 0 Å². The van der Waals surface area contributed by atoms with Gasteiger partial charge < -0.3 is 9.88 Å². The van der Waals surface area contributed by atoms with Gasteiger partial charge in [0.1, 0.15) is 11.3 Å². The van der Waals surface area contributed by atoms with E-state index in [1.165, 1.54) is 0 Å². The molecule has 5 nitrogen and oxygen atoms in total. The summed E-state index contributed by atoms with van der Waals surface area (Å²) in [6.07, 6.45) is 2.04. The molecule has 1 fully saturated rings. The minimum Gasteiger partial charge on any atom is -0.354 e. The number of nitrogens with one attached hydrogen (secondary N) is 1. The Morgan fingerprint density at radius 2 is 2.24 bits per heavy atom. The molecule has 6 heteroatoms. The van der Waals surface area contributed by atoms with Gasteiger partial charge in [-0.25, -0.2) is 9.97 Å². The van der Waals surface area contributed by atoms with Crippen molar-refractivity contribution in [2.75, 3.05) is 6.54 Å². The van der Waals surface area contributed by atoms with Gasteiger partial charge in [-0.2, -0.15) is 0 Å². The monoisotopic (exact) mass is 306 g/mol. The van der Waals surface area contributed by atoms with Gasteiger partial charge in [0.15, 0.2) is 5.65 Å². The third-order valence-electron chi connectivity index (χ3n) is 3.70. The summed E-state index contributed by atoms with van der Waals surface area (Å²) in [5.41, 5.74) is 2.62. The van der Waals surface area contributed by atoms with Gasteiger partial charge in [-0.1, -0.05) is 0 Å². The van der Waals surface area contributed by atoms with Crippen LogP contribution in [0, 0.1) is 12.8 Å². The number of hydrogen-bond donors (Lipinski definition) is 1. The number of carbonyl (C=O) groups is 1. The molecule has 2 aromatic rings. The van der Waals surface area contributed by atoms with Crippen molar-refractivity contribution in [3.05, 3.63) is 23.7 Å². The molecule has 0 aromatic carbocycles.